The number of aromatic nitrogens is 1. The third-order valence-electron chi connectivity index (χ3n) is 3.72. The van der Waals surface area contributed by atoms with Gasteiger partial charge in [-0.1, -0.05) is 11.6 Å². The first-order valence-corrected chi connectivity index (χ1v) is 7.52. The maximum atomic E-state index is 11.7. The van der Waals surface area contributed by atoms with Gasteiger partial charge in [-0.3, -0.25) is 9.78 Å². The van der Waals surface area contributed by atoms with Gasteiger partial charge in [0, 0.05) is 12.3 Å². The van der Waals surface area contributed by atoms with Crippen molar-refractivity contribution in [2.45, 2.75) is 38.2 Å². The van der Waals surface area contributed by atoms with Crippen LogP contribution in [-0.4, -0.2) is 34.9 Å². The number of pyridine rings is 1. The predicted octanol–water partition coefficient (Wildman–Crippen LogP) is 2.60. The lowest BCUT2D eigenvalue weighted by molar-refractivity contribution is -0.151. The minimum absolute atomic E-state index is 0.113. The molecule has 1 aromatic heterocycles. The number of hydrogen-bond acceptors (Lipinski definition) is 5. The number of hydrogen-bond donors (Lipinski definition) is 1. The van der Waals surface area contributed by atoms with Gasteiger partial charge in [-0.25, -0.2) is 0 Å². The molecule has 1 aliphatic rings. The first-order chi connectivity index (χ1) is 10.0. The van der Waals surface area contributed by atoms with Crippen LogP contribution in [0.3, 0.4) is 0 Å². The Bertz CT molecular complexity index is 486. The Kier molecular flexibility index (Phi) is 5.42. The molecule has 0 spiro atoms. The molecule has 1 heterocycles. The largest absolute Gasteiger partial charge is 0.489 e. The van der Waals surface area contributed by atoms with Gasteiger partial charge >= 0.3 is 5.97 Å². The Morgan fingerprint density at radius 1 is 1.48 bits per heavy atom. The van der Waals surface area contributed by atoms with Gasteiger partial charge in [-0.2, -0.15) is 0 Å². The second-order valence-electron chi connectivity index (χ2n) is 5.38. The van der Waals surface area contributed by atoms with Crippen LogP contribution in [0.2, 0.25) is 5.02 Å². The molecule has 1 aromatic rings. The van der Waals surface area contributed by atoms with Crippen molar-refractivity contribution in [1.82, 2.24) is 4.98 Å². The molecule has 1 saturated carbocycles. The van der Waals surface area contributed by atoms with Crippen molar-refractivity contribution >= 4 is 17.6 Å². The average Bonchev–Trinajstić information content (AvgIpc) is 2.46. The fourth-order valence-corrected chi connectivity index (χ4v) is 2.65. The molecule has 6 heteroatoms. The molecule has 0 bridgehead atoms. The van der Waals surface area contributed by atoms with E-state index < -0.39 is 5.60 Å². The summed E-state index contributed by atoms with van der Waals surface area (Å²) in [5.74, 6) is 0.251. The van der Waals surface area contributed by atoms with Crippen molar-refractivity contribution in [3.8, 4) is 5.75 Å². The van der Waals surface area contributed by atoms with Crippen molar-refractivity contribution < 1.29 is 19.4 Å². The molecule has 0 radical (unpaired) electrons. The van der Waals surface area contributed by atoms with Crippen molar-refractivity contribution in [2.24, 2.45) is 5.92 Å². The van der Waals surface area contributed by atoms with Crippen molar-refractivity contribution in [2.75, 3.05) is 13.2 Å². The average molecular weight is 314 g/mol. The van der Waals surface area contributed by atoms with Crippen molar-refractivity contribution in [3.05, 3.63) is 23.5 Å². The van der Waals surface area contributed by atoms with Gasteiger partial charge in [0.2, 0.25) is 0 Å². The summed E-state index contributed by atoms with van der Waals surface area (Å²) in [7, 11) is 0. The summed E-state index contributed by atoms with van der Waals surface area (Å²) in [4.78, 5) is 15.6. The summed E-state index contributed by atoms with van der Waals surface area (Å²) in [6.45, 7) is 2.36. The molecule has 1 fully saturated rings. The summed E-state index contributed by atoms with van der Waals surface area (Å²) >= 11 is 5.83. The van der Waals surface area contributed by atoms with E-state index in [1.807, 2.05) is 0 Å². The maximum absolute atomic E-state index is 11.7. The molecule has 1 aliphatic carbocycles. The topological polar surface area (TPSA) is 68.7 Å². The lowest BCUT2D eigenvalue weighted by Crippen LogP contribution is -2.41. The lowest BCUT2D eigenvalue weighted by atomic mass is 9.79. The molecule has 0 aliphatic heterocycles. The van der Waals surface area contributed by atoms with Crippen molar-refractivity contribution in [3.63, 3.8) is 0 Å². The van der Waals surface area contributed by atoms with Gasteiger partial charge in [-0.15, -0.1) is 0 Å². The highest BCUT2D eigenvalue weighted by Crippen LogP contribution is 2.33. The molecule has 2 rings (SSSR count). The van der Waals surface area contributed by atoms with Crippen molar-refractivity contribution in [1.29, 1.82) is 0 Å². The molecule has 1 N–H and O–H groups in total. The number of esters is 1. The Morgan fingerprint density at radius 2 is 2.19 bits per heavy atom. The van der Waals surface area contributed by atoms with Gasteiger partial charge in [0.15, 0.2) is 0 Å². The summed E-state index contributed by atoms with van der Waals surface area (Å²) in [6.07, 6.45) is 5.35. The lowest BCUT2D eigenvalue weighted by Gasteiger charge is -2.34. The zero-order valence-electron chi connectivity index (χ0n) is 12.0. The minimum Gasteiger partial charge on any atom is -0.489 e. The van der Waals surface area contributed by atoms with Gasteiger partial charge in [0.25, 0.3) is 0 Å². The summed E-state index contributed by atoms with van der Waals surface area (Å²) in [6, 6.07) is 1.65. The Hall–Kier alpha value is -1.33. The number of aliphatic hydroxyl groups is 1. The van der Waals surface area contributed by atoms with E-state index in [-0.39, 0.29) is 18.5 Å². The summed E-state index contributed by atoms with van der Waals surface area (Å²) in [5.41, 5.74) is -0.911. The van der Waals surface area contributed by atoms with E-state index in [1.54, 1.807) is 19.2 Å². The highest BCUT2D eigenvalue weighted by molar-refractivity contribution is 6.30. The van der Waals surface area contributed by atoms with Crippen LogP contribution in [0, 0.1) is 5.92 Å². The van der Waals surface area contributed by atoms with Crippen LogP contribution < -0.4 is 4.74 Å². The number of nitrogens with zero attached hydrogens (tertiary/aromatic N) is 1. The fraction of sp³-hybridized carbons (Fsp3) is 0.600. The molecule has 5 nitrogen and oxygen atoms in total. The molecule has 0 atom stereocenters. The Morgan fingerprint density at radius 3 is 2.81 bits per heavy atom. The number of halogens is 1. The van der Waals surface area contributed by atoms with Crippen LogP contribution in [0.15, 0.2) is 18.5 Å². The molecule has 116 valence electrons. The Labute approximate surface area is 129 Å². The summed E-state index contributed by atoms with van der Waals surface area (Å²) < 4.78 is 10.6. The first kappa shape index (κ1) is 16.0. The maximum Gasteiger partial charge on any atom is 0.308 e. The van der Waals surface area contributed by atoms with Crippen LogP contribution in [0.4, 0.5) is 0 Å². The van der Waals surface area contributed by atoms with Crippen LogP contribution >= 0.6 is 11.6 Å². The van der Waals surface area contributed by atoms with E-state index in [2.05, 4.69) is 4.98 Å². The minimum atomic E-state index is -0.911. The Balaban J connectivity index is 1.83. The monoisotopic (exact) mass is 313 g/mol. The number of carbonyl (C=O) groups is 1. The van der Waals surface area contributed by atoms with Gasteiger partial charge < -0.3 is 14.6 Å². The van der Waals surface area contributed by atoms with E-state index in [0.29, 0.717) is 43.1 Å². The van der Waals surface area contributed by atoms with E-state index in [4.69, 9.17) is 21.1 Å². The highest BCUT2D eigenvalue weighted by Gasteiger charge is 2.37. The van der Waals surface area contributed by atoms with E-state index >= 15 is 0 Å². The second kappa shape index (κ2) is 7.09. The SMILES string of the molecule is CCOC(=O)C1CCC(O)(COc2cncc(Cl)c2)CC1. The van der Waals surface area contributed by atoms with Gasteiger partial charge in [0.05, 0.1) is 29.3 Å². The van der Waals surface area contributed by atoms with Crippen LogP contribution in [0.5, 0.6) is 5.75 Å². The molecule has 0 amide bonds. The van der Waals surface area contributed by atoms with Gasteiger partial charge in [-0.05, 0) is 32.6 Å². The molecule has 0 aromatic carbocycles. The fourth-order valence-electron chi connectivity index (χ4n) is 2.48. The third kappa shape index (κ3) is 4.58. The second-order valence-corrected chi connectivity index (χ2v) is 5.81. The quantitative estimate of drug-likeness (QED) is 0.846. The molecule has 0 saturated heterocycles. The van der Waals surface area contributed by atoms with E-state index in [9.17, 15) is 9.90 Å². The van der Waals surface area contributed by atoms with Gasteiger partial charge in [0.1, 0.15) is 12.4 Å². The zero-order valence-corrected chi connectivity index (χ0v) is 12.8. The molecular weight excluding hydrogens is 294 g/mol. The standard InChI is InChI=1S/C15H20ClNO4/c1-2-20-14(18)11-3-5-15(19,6-4-11)10-21-13-7-12(16)8-17-9-13/h7-9,11,19H,2-6,10H2,1H3. The first-order valence-electron chi connectivity index (χ1n) is 7.15. The normalized spacial score (nSPS) is 25.4. The number of rotatable bonds is 5. The molecule has 0 unspecified atom stereocenters. The summed E-state index contributed by atoms with van der Waals surface area (Å²) in [5, 5.41) is 11.0. The van der Waals surface area contributed by atoms with Crippen LogP contribution in [0.1, 0.15) is 32.6 Å². The molecular formula is C15H20ClNO4. The number of carbonyl (C=O) groups excluding carboxylic acids is 1. The molecule has 21 heavy (non-hydrogen) atoms. The predicted molar refractivity (Wildman–Crippen MR) is 78.3 cm³/mol. The zero-order chi connectivity index (χ0) is 15.3. The smallest absolute Gasteiger partial charge is 0.308 e. The number of ether oxygens (including phenoxy) is 2. The van der Waals surface area contributed by atoms with E-state index in [0.717, 1.165) is 0 Å². The van der Waals surface area contributed by atoms with Crippen LogP contribution in [-0.2, 0) is 9.53 Å². The highest BCUT2D eigenvalue weighted by atomic mass is 35.5. The third-order valence-corrected chi connectivity index (χ3v) is 3.93. The van der Waals surface area contributed by atoms with E-state index in [1.165, 1.54) is 6.20 Å². The van der Waals surface area contributed by atoms with Crippen LogP contribution in [0.25, 0.3) is 0 Å².